The van der Waals surface area contributed by atoms with Crippen LogP contribution < -0.4 is 0 Å². The molecule has 2 saturated heterocycles. The summed E-state index contributed by atoms with van der Waals surface area (Å²) in [4.78, 5) is 29.4. The maximum Gasteiger partial charge on any atom is 0.317 e. The lowest BCUT2D eigenvalue weighted by molar-refractivity contribution is -0.140. The number of carboxylic acid groups (broad SMARTS) is 1. The lowest BCUT2D eigenvalue weighted by Gasteiger charge is -2.35. The first-order valence-electron chi connectivity index (χ1n) is 15.9. The molecule has 5 rings (SSSR count). The van der Waals surface area contributed by atoms with Crippen LogP contribution in [-0.4, -0.2) is 83.0 Å². The number of hydrogen-bond acceptors (Lipinski definition) is 4. The highest BCUT2D eigenvalue weighted by Crippen LogP contribution is 2.26. The zero-order chi connectivity index (χ0) is 31.4. The number of benzene rings is 2. The third kappa shape index (κ3) is 11.2. The number of carbonyl (C=O) groups is 2. The van der Waals surface area contributed by atoms with E-state index in [2.05, 4.69) is 89.8 Å². The molecule has 42 heavy (non-hydrogen) atoms. The Morgan fingerprint density at radius 1 is 0.810 bits per heavy atom. The summed E-state index contributed by atoms with van der Waals surface area (Å²) in [6.07, 6.45) is 4.90. The van der Waals surface area contributed by atoms with Crippen LogP contribution in [0.4, 0.5) is 0 Å². The van der Waals surface area contributed by atoms with Gasteiger partial charge in [-0.05, 0) is 103 Å². The molecule has 2 heterocycles. The SMILES string of the molecule is CC.CC(C)(C)N1CCC(C(=O)N2CCN(CC(=O)O)CC2)C1.Cc1ccc(C)c(C)c1.Cc1ccc2c(c1)CCC2. The van der Waals surface area contributed by atoms with Crippen molar-refractivity contribution < 1.29 is 14.7 Å². The zero-order valence-corrected chi connectivity index (χ0v) is 27.9. The molecular formula is C36H57N3O3. The van der Waals surface area contributed by atoms with Gasteiger partial charge in [0.05, 0.1) is 12.5 Å². The van der Waals surface area contributed by atoms with Gasteiger partial charge >= 0.3 is 5.97 Å². The molecule has 0 radical (unpaired) electrons. The van der Waals surface area contributed by atoms with Crippen LogP contribution in [0.5, 0.6) is 0 Å². The first-order valence-corrected chi connectivity index (χ1v) is 15.9. The van der Waals surface area contributed by atoms with E-state index in [1.165, 1.54) is 41.5 Å². The highest BCUT2D eigenvalue weighted by Gasteiger charge is 2.36. The molecule has 6 nitrogen and oxygen atoms in total. The molecule has 1 aliphatic carbocycles. The lowest BCUT2D eigenvalue weighted by Crippen LogP contribution is -2.51. The average Bonchev–Trinajstić information content (AvgIpc) is 3.63. The normalized spacial score (nSPS) is 18.5. The van der Waals surface area contributed by atoms with Gasteiger partial charge in [-0.2, -0.15) is 0 Å². The Labute approximate surface area is 256 Å². The molecule has 3 aliphatic rings. The summed E-state index contributed by atoms with van der Waals surface area (Å²) in [5, 5.41) is 8.79. The molecule has 1 unspecified atom stereocenters. The standard InChI is InChI=1S/C15H27N3O3.C10H12.C9H12.C2H6/c1-15(2,3)18-5-4-12(10-18)14(21)17-8-6-16(7-9-17)11-13(19)20;1-8-5-6-9-3-2-4-10(9)7-8;1-7-4-5-8(2)9(3)6-7;1-2/h12H,4-11H2,1-3H3,(H,19,20);5-7H,2-4H2,1H3;4-6H,1-3H3;1-2H3. The molecule has 2 fully saturated rings. The Morgan fingerprint density at radius 2 is 1.40 bits per heavy atom. The summed E-state index contributed by atoms with van der Waals surface area (Å²) in [5.41, 5.74) is 8.79. The molecule has 1 amide bonds. The van der Waals surface area contributed by atoms with Crippen LogP contribution in [0.1, 0.15) is 80.8 Å². The van der Waals surface area contributed by atoms with Gasteiger partial charge in [0.15, 0.2) is 0 Å². The molecule has 0 aromatic heterocycles. The topological polar surface area (TPSA) is 64.1 Å². The van der Waals surface area contributed by atoms with Crippen LogP contribution in [0.15, 0.2) is 36.4 Å². The molecule has 2 aromatic rings. The van der Waals surface area contributed by atoms with Gasteiger partial charge < -0.3 is 10.0 Å². The average molecular weight is 580 g/mol. The third-order valence-corrected chi connectivity index (χ3v) is 8.45. The number of likely N-dealkylation sites (tertiary alicyclic amines) is 1. The lowest BCUT2D eigenvalue weighted by atomic mass is 10.1. The van der Waals surface area contributed by atoms with Crippen molar-refractivity contribution in [1.29, 1.82) is 0 Å². The van der Waals surface area contributed by atoms with Crippen LogP contribution >= 0.6 is 0 Å². The van der Waals surface area contributed by atoms with Gasteiger partial charge in [-0.25, -0.2) is 0 Å². The maximum atomic E-state index is 12.6. The molecule has 2 aromatic carbocycles. The minimum atomic E-state index is -0.800. The largest absolute Gasteiger partial charge is 0.480 e. The summed E-state index contributed by atoms with van der Waals surface area (Å²) in [6.45, 7) is 23.6. The van der Waals surface area contributed by atoms with Crippen LogP contribution in [-0.2, 0) is 22.4 Å². The quantitative estimate of drug-likeness (QED) is 0.452. The number of fused-ring (bicyclic) bond motifs is 1. The Balaban J connectivity index is 0.000000242. The van der Waals surface area contributed by atoms with Gasteiger partial charge in [0, 0.05) is 38.3 Å². The molecule has 6 heteroatoms. The minimum Gasteiger partial charge on any atom is -0.480 e. The first kappa shape index (κ1) is 35.5. The van der Waals surface area contributed by atoms with Gasteiger partial charge in [-0.1, -0.05) is 61.4 Å². The van der Waals surface area contributed by atoms with Crippen molar-refractivity contribution in [2.75, 3.05) is 45.8 Å². The predicted molar refractivity (Wildman–Crippen MR) is 175 cm³/mol. The van der Waals surface area contributed by atoms with E-state index in [9.17, 15) is 9.59 Å². The summed E-state index contributed by atoms with van der Waals surface area (Å²) in [5.74, 6) is -0.446. The van der Waals surface area contributed by atoms with E-state index in [0.717, 1.165) is 19.5 Å². The second-order valence-corrected chi connectivity index (χ2v) is 12.8. The van der Waals surface area contributed by atoms with Crippen molar-refractivity contribution in [3.63, 3.8) is 0 Å². The summed E-state index contributed by atoms with van der Waals surface area (Å²) >= 11 is 0. The summed E-state index contributed by atoms with van der Waals surface area (Å²) in [7, 11) is 0. The molecule has 234 valence electrons. The number of aryl methyl sites for hydroxylation is 6. The summed E-state index contributed by atoms with van der Waals surface area (Å²) < 4.78 is 0. The molecular weight excluding hydrogens is 522 g/mol. The molecule has 0 spiro atoms. The molecule has 1 atom stereocenters. The molecule has 2 aliphatic heterocycles. The van der Waals surface area contributed by atoms with Gasteiger partial charge in [0.1, 0.15) is 0 Å². The Kier molecular flexibility index (Phi) is 14.2. The smallest absolute Gasteiger partial charge is 0.317 e. The number of nitrogens with zero attached hydrogens (tertiary/aromatic N) is 3. The van der Waals surface area contributed by atoms with E-state index in [1.54, 1.807) is 11.1 Å². The minimum absolute atomic E-state index is 0.0727. The van der Waals surface area contributed by atoms with Crippen molar-refractivity contribution in [1.82, 2.24) is 14.7 Å². The zero-order valence-electron chi connectivity index (χ0n) is 27.9. The van der Waals surface area contributed by atoms with Gasteiger partial charge in [-0.15, -0.1) is 0 Å². The van der Waals surface area contributed by atoms with E-state index in [1.807, 2.05) is 23.6 Å². The number of aliphatic carboxylic acids is 1. The number of hydrogen-bond donors (Lipinski definition) is 1. The fourth-order valence-corrected chi connectivity index (χ4v) is 5.74. The van der Waals surface area contributed by atoms with E-state index < -0.39 is 5.97 Å². The molecule has 0 saturated carbocycles. The Morgan fingerprint density at radius 3 is 1.95 bits per heavy atom. The van der Waals surface area contributed by atoms with Crippen LogP contribution in [0.2, 0.25) is 0 Å². The van der Waals surface area contributed by atoms with E-state index >= 15 is 0 Å². The van der Waals surface area contributed by atoms with Crippen molar-refractivity contribution in [3.05, 3.63) is 69.8 Å². The fourth-order valence-electron chi connectivity index (χ4n) is 5.74. The third-order valence-electron chi connectivity index (χ3n) is 8.45. The maximum absolute atomic E-state index is 12.6. The second kappa shape index (κ2) is 16.8. The van der Waals surface area contributed by atoms with Crippen LogP contribution in [0.25, 0.3) is 0 Å². The Bertz CT molecular complexity index is 1150. The fraction of sp³-hybridized carbons (Fsp3) is 0.611. The predicted octanol–water partition coefficient (Wildman–Crippen LogP) is 6.46. The van der Waals surface area contributed by atoms with E-state index in [4.69, 9.17) is 5.11 Å². The number of rotatable bonds is 3. The highest BCUT2D eigenvalue weighted by molar-refractivity contribution is 5.79. The van der Waals surface area contributed by atoms with Crippen molar-refractivity contribution in [2.24, 2.45) is 5.92 Å². The molecule has 1 N–H and O–H groups in total. The number of piperazine rings is 1. The first-order chi connectivity index (χ1) is 19.8. The Hall–Kier alpha value is -2.70. The van der Waals surface area contributed by atoms with Gasteiger partial charge in [0.25, 0.3) is 0 Å². The second-order valence-electron chi connectivity index (χ2n) is 12.8. The van der Waals surface area contributed by atoms with Crippen molar-refractivity contribution in [2.45, 2.75) is 93.5 Å². The van der Waals surface area contributed by atoms with Gasteiger partial charge in [-0.3, -0.25) is 19.4 Å². The number of amides is 1. The monoisotopic (exact) mass is 579 g/mol. The number of carbonyl (C=O) groups excluding carboxylic acids is 1. The van der Waals surface area contributed by atoms with E-state index in [0.29, 0.717) is 26.2 Å². The van der Waals surface area contributed by atoms with Crippen LogP contribution in [0.3, 0.4) is 0 Å². The summed E-state index contributed by atoms with van der Waals surface area (Å²) in [6, 6.07) is 13.3. The molecule has 0 bridgehead atoms. The highest BCUT2D eigenvalue weighted by atomic mass is 16.4. The van der Waals surface area contributed by atoms with Crippen molar-refractivity contribution >= 4 is 11.9 Å². The number of carboxylic acids is 1. The van der Waals surface area contributed by atoms with Gasteiger partial charge in [0.2, 0.25) is 5.91 Å². The van der Waals surface area contributed by atoms with Crippen LogP contribution in [0, 0.1) is 33.6 Å². The van der Waals surface area contributed by atoms with Crippen molar-refractivity contribution in [3.8, 4) is 0 Å². The van der Waals surface area contributed by atoms with E-state index in [-0.39, 0.29) is 23.9 Å².